The van der Waals surface area contributed by atoms with Gasteiger partial charge in [0.25, 0.3) is 0 Å². The zero-order chi connectivity index (χ0) is 14.5. The van der Waals surface area contributed by atoms with Crippen LogP contribution in [-0.2, 0) is 6.18 Å². The summed E-state index contributed by atoms with van der Waals surface area (Å²) in [4.78, 5) is 2.08. The fourth-order valence-electron chi connectivity index (χ4n) is 2.23. The molecule has 5 heteroatoms. The van der Waals surface area contributed by atoms with Crippen LogP contribution >= 0.6 is 0 Å². The molecule has 0 aliphatic carbocycles. The largest absolute Gasteiger partial charge is 0.416 e. The van der Waals surface area contributed by atoms with E-state index in [-0.39, 0.29) is 0 Å². The second kappa shape index (κ2) is 6.80. The molecule has 0 saturated carbocycles. The highest BCUT2D eigenvalue weighted by Gasteiger charge is 2.30. The average Bonchev–Trinajstić information content (AvgIpc) is 2.38. The number of benzene rings is 1. The maximum atomic E-state index is 12.5. The van der Waals surface area contributed by atoms with Gasteiger partial charge in [-0.2, -0.15) is 13.2 Å². The third-order valence-electron chi connectivity index (χ3n) is 3.28. The molecule has 2 nitrogen and oxygen atoms in total. The third kappa shape index (κ3) is 4.13. The maximum absolute atomic E-state index is 12.5. The molecule has 0 aliphatic rings. The van der Waals surface area contributed by atoms with Gasteiger partial charge in [0.2, 0.25) is 0 Å². The predicted octanol–water partition coefficient (Wildman–Crippen LogP) is 3.66. The molecule has 0 radical (unpaired) electrons. The van der Waals surface area contributed by atoms with Gasteiger partial charge in [0.15, 0.2) is 0 Å². The fourth-order valence-corrected chi connectivity index (χ4v) is 2.23. The van der Waals surface area contributed by atoms with Crippen molar-refractivity contribution < 1.29 is 13.2 Å². The van der Waals surface area contributed by atoms with E-state index in [1.165, 1.54) is 12.1 Å². The molecule has 0 aromatic heterocycles. The van der Waals surface area contributed by atoms with Gasteiger partial charge >= 0.3 is 6.18 Å². The molecule has 0 aliphatic heterocycles. The summed E-state index contributed by atoms with van der Waals surface area (Å²) in [6.45, 7) is 5.28. The molecule has 0 bridgehead atoms. The Labute approximate surface area is 112 Å². The second-order valence-electron chi connectivity index (χ2n) is 4.50. The molecule has 0 atom stereocenters. The van der Waals surface area contributed by atoms with E-state index in [9.17, 15) is 13.2 Å². The third-order valence-corrected chi connectivity index (χ3v) is 3.28. The van der Waals surface area contributed by atoms with Gasteiger partial charge in [0.05, 0.1) is 5.56 Å². The van der Waals surface area contributed by atoms with Gasteiger partial charge in [-0.25, -0.2) is 0 Å². The van der Waals surface area contributed by atoms with Gasteiger partial charge in [0, 0.05) is 24.8 Å². The minimum absolute atomic E-state index is 0.306. The Morgan fingerprint density at radius 1 is 1.11 bits per heavy atom. The highest BCUT2D eigenvalue weighted by Crippen LogP contribution is 2.31. The van der Waals surface area contributed by atoms with Gasteiger partial charge in [-0.1, -0.05) is 13.8 Å². The van der Waals surface area contributed by atoms with Crippen molar-refractivity contribution in [1.29, 1.82) is 0 Å². The van der Waals surface area contributed by atoms with E-state index in [0.717, 1.165) is 30.7 Å². The maximum Gasteiger partial charge on any atom is 0.416 e. The molecule has 0 heterocycles. The second-order valence-corrected chi connectivity index (χ2v) is 4.50. The van der Waals surface area contributed by atoms with E-state index in [2.05, 4.69) is 18.7 Å². The summed E-state index contributed by atoms with van der Waals surface area (Å²) in [6.07, 6.45) is -2.40. The van der Waals surface area contributed by atoms with Crippen molar-refractivity contribution in [2.75, 3.05) is 18.0 Å². The van der Waals surface area contributed by atoms with Gasteiger partial charge in [0.1, 0.15) is 0 Å². The summed E-state index contributed by atoms with van der Waals surface area (Å²) in [5.74, 6) is 0. The summed E-state index contributed by atoms with van der Waals surface area (Å²) in [6, 6.07) is 5.61. The summed E-state index contributed by atoms with van der Waals surface area (Å²) in [5.41, 5.74) is 5.77. The number of anilines is 1. The van der Waals surface area contributed by atoms with Crippen molar-refractivity contribution in [3.8, 4) is 0 Å². The van der Waals surface area contributed by atoms with Gasteiger partial charge < -0.3 is 10.6 Å². The number of alkyl halides is 3. The van der Waals surface area contributed by atoms with Crippen LogP contribution in [0.4, 0.5) is 18.9 Å². The van der Waals surface area contributed by atoms with Crippen LogP contribution in [0.5, 0.6) is 0 Å². The zero-order valence-electron chi connectivity index (χ0n) is 11.4. The van der Waals surface area contributed by atoms with Gasteiger partial charge in [-0.15, -0.1) is 0 Å². The van der Waals surface area contributed by atoms with Crippen molar-refractivity contribution in [3.05, 3.63) is 29.8 Å². The lowest BCUT2D eigenvalue weighted by Crippen LogP contribution is -2.38. The molecule has 19 heavy (non-hydrogen) atoms. The number of hydrogen-bond donors (Lipinski definition) is 1. The molecule has 0 saturated heterocycles. The normalized spacial score (nSPS) is 11.9. The summed E-state index contributed by atoms with van der Waals surface area (Å²) < 4.78 is 37.6. The van der Waals surface area contributed by atoms with Crippen LogP contribution in [-0.4, -0.2) is 19.1 Å². The van der Waals surface area contributed by atoms with Crippen LogP contribution in [0, 0.1) is 0 Å². The van der Waals surface area contributed by atoms with Gasteiger partial charge in [-0.05, 0) is 37.1 Å². The first-order chi connectivity index (χ1) is 8.93. The van der Waals surface area contributed by atoms with Crippen LogP contribution in [0.3, 0.4) is 0 Å². The molecule has 108 valence electrons. The van der Waals surface area contributed by atoms with Crippen molar-refractivity contribution in [3.63, 3.8) is 0 Å². The molecule has 1 aromatic rings. The Balaban J connectivity index is 2.97. The standard InChI is InChI=1S/C14H21F3N2/c1-3-12(4-2)19(10-9-18)13-7-5-11(6-8-13)14(15,16)17/h5-8,12H,3-4,9-10,18H2,1-2H3. The Morgan fingerprint density at radius 3 is 2.00 bits per heavy atom. The van der Waals surface area contributed by atoms with E-state index >= 15 is 0 Å². The molecule has 2 N–H and O–H groups in total. The number of halogens is 3. The Hall–Kier alpha value is -1.23. The number of hydrogen-bond acceptors (Lipinski definition) is 2. The molecule has 0 fully saturated rings. The van der Waals surface area contributed by atoms with Crippen LogP contribution in [0.2, 0.25) is 0 Å². The zero-order valence-corrected chi connectivity index (χ0v) is 11.4. The van der Waals surface area contributed by atoms with E-state index < -0.39 is 11.7 Å². The minimum Gasteiger partial charge on any atom is -0.367 e. The topological polar surface area (TPSA) is 29.3 Å². The minimum atomic E-state index is -4.29. The lowest BCUT2D eigenvalue weighted by molar-refractivity contribution is -0.137. The Kier molecular flexibility index (Phi) is 5.66. The van der Waals surface area contributed by atoms with Crippen molar-refractivity contribution in [1.82, 2.24) is 0 Å². The Bertz CT molecular complexity index is 369. The average molecular weight is 274 g/mol. The highest BCUT2D eigenvalue weighted by molar-refractivity contribution is 5.49. The fraction of sp³-hybridized carbons (Fsp3) is 0.571. The van der Waals surface area contributed by atoms with E-state index in [4.69, 9.17) is 5.73 Å². The Morgan fingerprint density at radius 2 is 1.63 bits per heavy atom. The first-order valence-corrected chi connectivity index (χ1v) is 6.58. The van der Waals surface area contributed by atoms with Crippen molar-refractivity contribution >= 4 is 5.69 Å². The lowest BCUT2D eigenvalue weighted by Gasteiger charge is -2.32. The smallest absolute Gasteiger partial charge is 0.367 e. The number of nitrogens with two attached hydrogens (primary N) is 1. The van der Waals surface area contributed by atoms with E-state index in [0.29, 0.717) is 19.1 Å². The first-order valence-electron chi connectivity index (χ1n) is 6.58. The summed E-state index contributed by atoms with van der Waals surface area (Å²) in [7, 11) is 0. The van der Waals surface area contributed by atoms with Crippen LogP contribution < -0.4 is 10.6 Å². The molecule has 1 aromatic carbocycles. The molecule has 0 amide bonds. The predicted molar refractivity (Wildman–Crippen MR) is 72.2 cm³/mol. The summed E-state index contributed by atoms with van der Waals surface area (Å²) in [5, 5.41) is 0. The molecule has 1 rings (SSSR count). The van der Waals surface area contributed by atoms with E-state index in [1.807, 2.05) is 0 Å². The molecular weight excluding hydrogens is 253 g/mol. The highest BCUT2D eigenvalue weighted by atomic mass is 19.4. The van der Waals surface area contributed by atoms with Crippen molar-refractivity contribution in [2.24, 2.45) is 5.73 Å². The molecular formula is C14H21F3N2. The monoisotopic (exact) mass is 274 g/mol. The van der Waals surface area contributed by atoms with Crippen LogP contribution in [0.25, 0.3) is 0 Å². The van der Waals surface area contributed by atoms with Gasteiger partial charge in [-0.3, -0.25) is 0 Å². The number of nitrogens with zero attached hydrogens (tertiary/aromatic N) is 1. The molecule has 0 spiro atoms. The number of rotatable bonds is 6. The lowest BCUT2D eigenvalue weighted by atomic mass is 10.1. The van der Waals surface area contributed by atoms with Crippen molar-refractivity contribution in [2.45, 2.75) is 38.9 Å². The van der Waals surface area contributed by atoms with Crippen LogP contribution in [0.15, 0.2) is 24.3 Å². The quantitative estimate of drug-likeness (QED) is 0.857. The SMILES string of the molecule is CCC(CC)N(CCN)c1ccc(C(F)(F)F)cc1. The summed E-state index contributed by atoms with van der Waals surface area (Å²) >= 11 is 0. The molecule has 0 unspecified atom stereocenters. The van der Waals surface area contributed by atoms with E-state index in [1.54, 1.807) is 0 Å². The van der Waals surface area contributed by atoms with Crippen LogP contribution in [0.1, 0.15) is 32.3 Å². The first kappa shape index (κ1) is 15.8.